The maximum Gasteiger partial charge on any atom is 0.306 e. The number of amides is 3. The summed E-state index contributed by atoms with van der Waals surface area (Å²) in [6, 6.07) is 6.83. The molecule has 1 spiro atoms. The number of aliphatic hydroxyl groups is 1. The third-order valence-electron chi connectivity index (χ3n) is 8.92. The lowest BCUT2D eigenvalue weighted by Crippen LogP contribution is -2.58. The molecule has 5 bridgehead atoms. The second-order valence-corrected chi connectivity index (χ2v) is 12.7. The number of nitrogens with zero attached hydrogens (tertiary/aromatic N) is 2. The number of esters is 1. The van der Waals surface area contributed by atoms with Gasteiger partial charge in [0, 0.05) is 24.0 Å². The number of allylic oxidation sites excluding steroid dienone is 1. The van der Waals surface area contributed by atoms with Crippen molar-refractivity contribution in [3.05, 3.63) is 58.6 Å². The van der Waals surface area contributed by atoms with Gasteiger partial charge in [-0.15, -0.1) is 0 Å². The Bertz CT molecular complexity index is 1290. The van der Waals surface area contributed by atoms with Crippen molar-refractivity contribution in [1.82, 2.24) is 15.1 Å². The van der Waals surface area contributed by atoms with Gasteiger partial charge in [0.05, 0.1) is 30.5 Å². The van der Waals surface area contributed by atoms with Gasteiger partial charge >= 0.3 is 5.97 Å². The van der Waals surface area contributed by atoms with Gasteiger partial charge in [-0.25, -0.2) is 0 Å². The van der Waals surface area contributed by atoms with Crippen LogP contribution in [-0.4, -0.2) is 88.7 Å². The first-order valence-corrected chi connectivity index (χ1v) is 16.0. The Kier molecular flexibility index (Phi) is 9.73. The van der Waals surface area contributed by atoms with Crippen molar-refractivity contribution in [3.63, 3.8) is 0 Å². The van der Waals surface area contributed by atoms with Gasteiger partial charge in [-0.1, -0.05) is 78.2 Å². The minimum Gasteiger partial charge on any atom is -0.463 e. The lowest BCUT2D eigenvalue weighted by molar-refractivity contribution is -0.150. The molecule has 232 valence electrons. The summed E-state index contributed by atoms with van der Waals surface area (Å²) in [5, 5.41) is 13.2. The molecule has 4 aliphatic heterocycles. The molecule has 7 atom stereocenters. The van der Waals surface area contributed by atoms with E-state index >= 15 is 0 Å². The fourth-order valence-corrected chi connectivity index (χ4v) is 7.49. The molecule has 4 heterocycles. The molecule has 3 amide bonds. The van der Waals surface area contributed by atoms with Gasteiger partial charge in [0.15, 0.2) is 0 Å². The molecule has 0 aromatic heterocycles. The number of fused-ring (bicyclic) bond motifs is 2. The molecule has 4 aliphatic rings. The highest BCUT2D eigenvalue weighted by Crippen LogP contribution is 2.59. The minimum absolute atomic E-state index is 0.0721. The Balaban J connectivity index is 1.57. The summed E-state index contributed by atoms with van der Waals surface area (Å²) in [6.07, 6.45) is 8.02. The van der Waals surface area contributed by atoms with E-state index in [4.69, 9.17) is 9.47 Å². The molecule has 5 rings (SSSR count). The van der Waals surface area contributed by atoms with Crippen LogP contribution < -0.4 is 5.32 Å². The summed E-state index contributed by atoms with van der Waals surface area (Å²) < 4.78 is 12.7. The van der Waals surface area contributed by atoms with Gasteiger partial charge in [0.25, 0.3) is 0 Å². The number of likely N-dealkylation sites (tertiary alicyclic amines) is 1. The number of cyclic esters (lactones) is 1. The number of ether oxygens (including phenoxy) is 2. The molecule has 2 fully saturated rings. The predicted octanol–water partition coefficient (Wildman–Crippen LogP) is 3.01. The van der Waals surface area contributed by atoms with Gasteiger partial charge in [-0.05, 0) is 31.4 Å². The van der Waals surface area contributed by atoms with Crippen LogP contribution in [-0.2, 0) is 28.7 Å². The third kappa shape index (κ3) is 5.91. The van der Waals surface area contributed by atoms with E-state index in [0.717, 1.165) is 24.8 Å². The number of carbonyl (C=O) groups is 4. The fourth-order valence-electron chi connectivity index (χ4n) is 6.76. The Labute approximate surface area is 260 Å². The zero-order chi connectivity index (χ0) is 30.7. The van der Waals surface area contributed by atoms with Crippen molar-refractivity contribution in [2.45, 2.75) is 75.8 Å². The molecular formula is C32H40BrN3O7. The van der Waals surface area contributed by atoms with E-state index in [2.05, 4.69) is 28.2 Å². The molecule has 10 nitrogen and oxygen atoms in total. The summed E-state index contributed by atoms with van der Waals surface area (Å²) in [6.45, 7) is 4.13. The van der Waals surface area contributed by atoms with Gasteiger partial charge < -0.3 is 29.7 Å². The second-order valence-electron chi connectivity index (χ2n) is 11.8. The highest BCUT2D eigenvalue weighted by atomic mass is 79.9. The molecule has 11 heteroatoms. The van der Waals surface area contributed by atoms with Crippen LogP contribution in [0, 0.1) is 11.8 Å². The Hall–Kier alpha value is -3.02. The first kappa shape index (κ1) is 31.4. The zero-order valence-corrected chi connectivity index (χ0v) is 26.2. The van der Waals surface area contributed by atoms with Crippen molar-refractivity contribution in [3.8, 4) is 0 Å². The zero-order valence-electron chi connectivity index (χ0n) is 24.6. The lowest BCUT2D eigenvalue weighted by atomic mass is 9.74. The monoisotopic (exact) mass is 657 g/mol. The highest BCUT2D eigenvalue weighted by molar-refractivity contribution is 9.11. The first-order valence-electron chi connectivity index (χ1n) is 15.2. The van der Waals surface area contributed by atoms with Crippen LogP contribution in [0.4, 0.5) is 0 Å². The predicted molar refractivity (Wildman–Crippen MR) is 162 cm³/mol. The van der Waals surface area contributed by atoms with Crippen LogP contribution in [0.1, 0.15) is 57.6 Å². The van der Waals surface area contributed by atoms with Crippen molar-refractivity contribution in [1.29, 1.82) is 0 Å². The third-order valence-corrected chi connectivity index (χ3v) is 9.60. The number of carbonyl (C=O) groups excluding carboxylic acids is 4. The standard InChI is InChI=1S/C32H40BrN3O7/c1-3-4-10-15-35-16-11-6-9-14-24(38)42-19-23(21-12-7-5-8-13-21)34-29(39)25-26-30(40)36(20(2)18-37)28(31(35)41)32(26)17-22(33)27(25)43-32/h5-8,11-13,17,20,23,25-28,37H,3-4,9-10,14-16,18-19H2,1-2H3,(H,34,39)/b11-6-/t20-,23-,25-,26+,27-,28-,32+/m1/s1. The van der Waals surface area contributed by atoms with Crippen LogP contribution in [0.5, 0.6) is 0 Å². The lowest BCUT2D eigenvalue weighted by Gasteiger charge is -2.37. The largest absolute Gasteiger partial charge is 0.463 e. The van der Waals surface area contributed by atoms with Gasteiger partial charge in [-0.2, -0.15) is 0 Å². The highest BCUT2D eigenvalue weighted by Gasteiger charge is 2.75. The quantitative estimate of drug-likeness (QED) is 0.262. The van der Waals surface area contributed by atoms with Crippen LogP contribution in [0.2, 0.25) is 0 Å². The van der Waals surface area contributed by atoms with Gasteiger partial charge in [0.2, 0.25) is 17.7 Å². The number of hydrogen-bond donors (Lipinski definition) is 2. The average molecular weight is 659 g/mol. The number of hydrogen-bond acceptors (Lipinski definition) is 7. The van der Waals surface area contributed by atoms with E-state index in [-0.39, 0.29) is 25.5 Å². The molecule has 0 saturated carbocycles. The molecule has 2 saturated heterocycles. The SMILES string of the molecule is CCCCCN1C/C=C\CCC(=O)OC[C@H](c2ccccc2)NC(=O)[C@H]2[C@@H]3O[C@@]4(C=C3Br)[C@@H]2C(=O)N([C@H](C)CO)[C@@H]4C1=O. The second kappa shape index (κ2) is 13.3. The smallest absolute Gasteiger partial charge is 0.306 e. The minimum atomic E-state index is -1.38. The molecule has 43 heavy (non-hydrogen) atoms. The van der Waals surface area contributed by atoms with Crippen LogP contribution in [0.15, 0.2) is 53.0 Å². The van der Waals surface area contributed by atoms with Crippen molar-refractivity contribution in [2.24, 2.45) is 11.8 Å². The number of benzene rings is 1. The maximum atomic E-state index is 14.5. The van der Waals surface area contributed by atoms with E-state index in [9.17, 15) is 24.3 Å². The summed E-state index contributed by atoms with van der Waals surface area (Å²) in [5.41, 5.74) is -0.628. The van der Waals surface area contributed by atoms with Crippen LogP contribution >= 0.6 is 15.9 Å². The van der Waals surface area contributed by atoms with Crippen LogP contribution in [0.25, 0.3) is 0 Å². The summed E-state index contributed by atoms with van der Waals surface area (Å²) in [4.78, 5) is 58.6. The maximum absolute atomic E-state index is 14.5. The molecule has 0 aliphatic carbocycles. The molecule has 0 radical (unpaired) electrons. The summed E-state index contributed by atoms with van der Waals surface area (Å²) in [7, 11) is 0. The van der Waals surface area contributed by atoms with Crippen molar-refractivity contribution < 1.29 is 33.8 Å². The number of nitrogens with one attached hydrogen (secondary N) is 1. The van der Waals surface area contributed by atoms with E-state index in [1.165, 1.54) is 4.90 Å². The molecular weight excluding hydrogens is 618 g/mol. The Morgan fingerprint density at radius 2 is 1.88 bits per heavy atom. The van der Waals surface area contributed by atoms with Crippen molar-refractivity contribution in [2.75, 3.05) is 26.3 Å². The summed E-state index contributed by atoms with van der Waals surface area (Å²) in [5.74, 6) is -3.42. The van der Waals surface area contributed by atoms with Crippen LogP contribution in [0.3, 0.4) is 0 Å². The van der Waals surface area contributed by atoms with Gasteiger partial charge in [0.1, 0.15) is 24.4 Å². The fraction of sp³-hybridized carbons (Fsp3) is 0.562. The van der Waals surface area contributed by atoms with E-state index in [1.54, 1.807) is 17.9 Å². The number of unbranched alkanes of at least 4 members (excludes halogenated alkanes) is 2. The Morgan fingerprint density at radius 3 is 2.60 bits per heavy atom. The van der Waals surface area contributed by atoms with Gasteiger partial charge in [-0.3, -0.25) is 19.2 Å². The van der Waals surface area contributed by atoms with Crippen molar-refractivity contribution >= 4 is 39.6 Å². The average Bonchev–Trinajstić information content (AvgIpc) is 3.60. The molecule has 1 aromatic rings. The first-order chi connectivity index (χ1) is 20.7. The summed E-state index contributed by atoms with van der Waals surface area (Å²) >= 11 is 3.58. The molecule has 1 aromatic carbocycles. The number of aliphatic hydroxyl groups excluding tert-OH is 1. The van der Waals surface area contributed by atoms with E-state index < -0.39 is 59.5 Å². The topological polar surface area (TPSA) is 125 Å². The Morgan fingerprint density at radius 1 is 1.12 bits per heavy atom. The normalized spacial score (nSPS) is 32.7. The molecule has 2 N–H and O–H groups in total. The molecule has 0 unspecified atom stereocenters. The van der Waals surface area contributed by atoms with E-state index in [0.29, 0.717) is 24.0 Å². The number of halogens is 1. The number of rotatable bonds is 7. The van der Waals surface area contributed by atoms with E-state index in [1.807, 2.05) is 42.5 Å².